The van der Waals surface area contributed by atoms with E-state index in [2.05, 4.69) is 21.2 Å². The Hall–Kier alpha value is -1.56. The third-order valence-electron chi connectivity index (χ3n) is 2.14. The van der Waals surface area contributed by atoms with Gasteiger partial charge in [0, 0.05) is 23.9 Å². The number of Topliss-reactive ketones (excluding diaryl/α,β-unsaturated/α-hetero) is 1. The summed E-state index contributed by atoms with van der Waals surface area (Å²) in [7, 11) is 3.05. The number of benzene rings is 1. The van der Waals surface area contributed by atoms with E-state index >= 15 is 0 Å². The number of amides is 1. The van der Waals surface area contributed by atoms with Crippen LogP contribution in [0.3, 0.4) is 0 Å². The Kier molecular flexibility index (Phi) is 5.64. The lowest BCUT2D eigenvalue weighted by atomic mass is 10.2. The lowest BCUT2D eigenvalue weighted by molar-refractivity contribution is -0.123. The standard InChI is InChI=1S/C12H14BrNO4/c1-17-10-3-8(4-11(6-10)18-2)14-12(16)5-9(15)7-13/h3-4,6H,5,7H2,1-2H3,(H,14,16). The SMILES string of the molecule is COc1cc(NC(=O)CC(=O)CBr)cc(OC)c1. The maximum Gasteiger partial charge on any atom is 0.231 e. The normalized spacial score (nSPS) is 9.72. The zero-order valence-corrected chi connectivity index (χ0v) is 11.7. The first-order valence-corrected chi connectivity index (χ1v) is 6.31. The van der Waals surface area contributed by atoms with E-state index in [1.807, 2.05) is 0 Å². The molecule has 0 saturated carbocycles. The third kappa shape index (κ3) is 4.37. The smallest absolute Gasteiger partial charge is 0.231 e. The number of carbonyl (C=O) groups is 2. The number of methoxy groups -OCH3 is 2. The number of halogens is 1. The molecule has 6 heteroatoms. The molecule has 0 aromatic heterocycles. The summed E-state index contributed by atoms with van der Waals surface area (Å²) in [5.74, 6) is 0.588. The molecular weight excluding hydrogens is 302 g/mol. The predicted molar refractivity (Wildman–Crippen MR) is 71.6 cm³/mol. The quantitative estimate of drug-likeness (QED) is 0.644. The van der Waals surface area contributed by atoms with Gasteiger partial charge in [-0.15, -0.1) is 0 Å². The van der Waals surface area contributed by atoms with Crippen LogP contribution in [-0.2, 0) is 9.59 Å². The molecule has 0 spiro atoms. The Balaban J connectivity index is 2.77. The van der Waals surface area contributed by atoms with Gasteiger partial charge >= 0.3 is 0 Å². The molecule has 0 aliphatic carbocycles. The lowest BCUT2D eigenvalue weighted by Crippen LogP contribution is -2.17. The van der Waals surface area contributed by atoms with Gasteiger partial charge in [-0.05, 0) is 0 Å². The summed E-state index contributed by atoms with van der Waals surface area (Å²) < 4.78 is 10.2. The number of hydrogen-bond donors (Lipinski definition) is 1. The first-order valence-electron chi connectivity index (χ1n) is 5.19. The average molecular weight is 316 g/mol. The molecule has 1 aromatic rings. The van der Waals surface area contributed by atoms with Crippen molar-refractivity contribution in [1.29, 1.82) is 0 Å². The predicted octanol–water partition coefficient (Wildman–Crippen LogP) is 2.00. The number of hydrogen-bond acceptors (Lipinski definition) is 4. The summed E-state index contributed by atoms with van der Waals surface area (Å²) in [6.45, 7) is 0. The summed E-state index contributed by atoms with van der Waals surface area (Å²) in [5.41, 5.74) is 0.526. The highest BCUT2D eigenvalue weighted by molar-refractivity contribution is 9.09. The van der Waals surface area contributed by atoms with Gasteiger partial charge in [-0.1, -0.05) is 15.9 Å². The largest absolute Gasteiger partial charge is 0.497 e. The maximum absolute atomic E-state index is 11.5. The van der Waals surface area contributed by atoms with Gasteiger partial charge in [0.15, 0.2) is 5.78 Å². The molecular formula is C12H14BrNO4. The fourth-order valence-electron chi connectivity index (χ4n) is 1.31. The van der Waals surface area contributed by atoms with Crippen LogP contribution < -0.4 is 14.8 Å². The van der Waals surface area contributed by atoms with Crippen LogP contribution >= 0.6 is 15.9 Å². The molecule has 1 amide bonds. The average Bonchev–Trinajstić information content (AvgIpc) is 2.37. The Morgan fingerprint density at radius 2 is 1.72 bits per heavy atom. The van der Waals surface area contributed by atoms with Crippen molar-refractivity contribution >= 4 is 33.3 Å². The van der Waals surface area contributed by atoms with E-state index in [-0.39, 0.29) is 23.4 Å². The Labute approximate surface area is 114 Å². The van der Waals surface area contributed by atoms with Crippen LogP contribution in [0.5, 0.6) is 11.5 Å². The van der Waals surface area contributed by atoms with Crippen molar-refractivity contribution in [3.05, 3.63) is 18.2 Å². The van der Waals surface area contributed by atoms with E-state index in [0.29, 0.717) is 17.2 Å². The monoisotopic (exact) mass is 315 g/mol. The van der Waals surface area contributed by atoms with Gasteiger partial charge in [0.2, 0.25) is 5.91 Å². The number of ether oxygens (including phenoxy) is 2. The van der Waals surface area contributed by atoms with Gasteiger partial charge in [0.05, 0.1) is 26.0 Å². The molecule has 0 aliphatic rings. The van der Waals surface area contributed by atoms with Crippen LogP contribution in [0, 0.1) is 0 Å². The number of anilines is 1. The molecule has 0 unspecified atom stereocenters. The molecule has 18 heavy (non-hydrogen) atoms. The topological polar surface area (TPSA) is 64.6 Å². The molecule has 1 aromatic carbocycles. The van der Waals surface area contributed by atoms with E-state index in [4.69, 9.17) is 9.47 Å². The second-order valence-corrected chi connectivity index (χ2v) is 4.06. The van der Waals surface area contributed by atoms with Crippen molar-refractivity contribution in [2.45, 2.75) is 6.42 Å². The summed E-state index contributed by atoms with van der Waals surface area (Å²) >= 11 is 3.00. The molecule has 0 saturated heterocycles. The molecule has 0 bridgehead atoms. The molecule has 5 nitrogen and oxygen atoms in total. The molecule has 1 N–H and O–H groups in total. The van der Waals surface area contributed by atoms with Gasteiger partial charge < -0.3 is 14.8 Å². The molecule has 0 atom stereocenters. The zero-order chi connectivity index (χ0) is 13.5. The first-order chi connectivity index (χ1) is 8.58. The molecule has 98 valence electrons. The summed E-state index contributed by atoms with van der Waals surface area (Å²) in [4.78, 5) is 22.6. The number of ketones is 1. The van der Waals surface area contributed by atoms with Gasteiger partial charge in [-0.3, -0.25) is 9.59 Å². The van der Waals surface area contributed by atoms with Crippen molar-refractivity contribution in [1.82, 2.24) is 0 Å². The highest BCUT2D eigenvalue weighted by Crippen LogP contribution is 2.25. The minimum atomic E-state index is -0.366. The van der Waals surface area contributed by atoms with Gasteiger partial charge in [-0.2, -0.15) is 0 Å². The van der Waals surface area contributed by atoms with Gasteiger partial charge in [-0.25, -0.2) is 0 Å². The fraction of sp³-hybridized carbons (Fsp3) is 0.333. The molecule has 0 heterocycles. The van der Waals surface area contributed by atoms with Gasteiger partial charge in [0.25, 0.3) is 0 Å². The molecule has 0 aliphatic heterocycles. The van der Waals surface area contributed by atoms with Crippen LogP contribution in [-0.4, -0.2) is 31.2 Å². The molecule has 1 rings (SSSR count). The van der Waals surface area contributed by atoms with Crippen LogP contribution in [0.1, 0.15) is 6.42 Å². The van der Waals surface area contributed by atoms with Crippen LogP contribution in [0.15, 0.2) is 18.2 Å². The number of nitrogens with one attached hydrogen (secondary N) is 1. The van der Waals surface area contributed by atoms with E-state index < -0.39 is 0 Å². The van der Waals surface area contributed by atoms with E-state index in [1.54, 1.807) is 18.2 Å². The van der Waals surface area contributed by atoms with E-state index in [1.165, 1.54) is 14.2 Å². The Morgan fingerprint density at radius 3 is 2.17 bits per heavy atom. The highest BCUT2D eigenvalue weighted by atomic mass is 79.9. The van der Waals surface area contributed by atoms with Crippen LogP contribution in [0.25, 0.3) is 0 Å². The van der Waals surface area contributed by atoms with Crippen LogP contribution in [0.4, 0.5) is 5.69 Å². The summed E-state index contributed by atoms with van der Waals surface area (Å²) in [6.07, 6.45) is -0.162. The number of carbonyl (C=O) groups excluding carboxylic acids is 2. The number of alkyl halides is 1. The van der Waals surface area contributed by atoms with E-state index in [0.717, 1.165) is 0 Å². The lowest BCUT2D eigenvalue weighted by Gasteiger charge is -2.09. The van der Waals surface area contributed by atoms with Crippen molar-refractivity contribution in [2.24, 2.45) is 0 Å². The van der Waals surface area contributed by atoms with Crippen LogP contribution in [0.2, 0.25) is 0 Å². The van der Waals surface area contributed by atoms with E-state index in [9.17, 15) is 9.59 Å². The van der Waals surface area contributed by atoms with Crippen molar-refractivity contribution < 1.29 is 19.1 Å². The molecule has 0 fully saturated rings. The summed E-state index contributed by atoms with van der Waals surface area (Å²) in [5, 5.41) is 2.78. The Bertz CT molecular complexity index is 425. The summed E-state index contributed by atoms with van der Waals surface area (Å²) in [6, 6.07) is 5.00. The molecule has 0 radical (unpaired) electrons. The highest BCUT2D eigenvalue weighted by Gasteiger charge is 2.10. The third-order valence-corrected chi connectivity index (χ3v) is 2.77. The van der Waals surface area contributed by atoms with Crippen molar-refractivity contribution in [3.8, 4) is 11.5 Å². The first kappa shape index (κ1) is 14.5. The number of rotatable bonds is 6. The second kappa shape index (κ2) is 7.00. The minimum absolute atomic E-state index is 0.162. The minimum Gasteiger partial charge on any atom is -0.497 e. The maximum atomic E-state index is 11.5. The zero-order valence-electron chi connectivity index (χ0n) is 10.2. The fourth-order valence-corrected chi connectivity index (χ4v) is 1.51. The van der Waals surface area contributed by atoms with Crippen molar-refractivity contribution in [2.75, 3.05) is 24.9 Å². The Morgan fingerprint density at radius 1 is 1.17 bits per heavy atom. The van der Waals surface area contributed by atoms with Crippen molar-refractivity contribution in [3.63, 3.8) is 0 Å². The second-order valence-electron chi connectivity index (χ2n) is 3.50. The van der Waals surface area contributed by atoms with Gasteiger partial charge in [0.1, 0.15) is 11.5 Å².